The fourth-order valence-electron chi connectivity index (χ4n) is 2.23. The van der Waals surface area contributed by atoms with E-state index in [1.54, 1.807) is 0 Å². The summed E-state index contributed by atoms with van der Waals surface area (Å²) in [4.78, 5) is 16.4. The number of hydrogen-bond acceptors (Lipinski definition) is 4. The van der Waals surface area contributed by atoms with Crippen LogP contribution < -0.4 is 10.1 Å². The lowest BCUT2D eigenvalue weighted by Crippen LogP contribution is -2.21. The second-order valence-corrected chi connectivity index (χ2v) is 6.56. The molecule has 0 aliphatic carbocycles. The summed E-state index contributed by atoms with van der Waals surface area (Å²) in [6, 6.07) is 13.3. The zero-order valence-corrected chi connectivity index (χ0v) is 14.4. The zero-order valence-electron chi connectivity index (χ0n) is 13.6. The Kier molecular flexibility index (Phi) is 5.05. The van der Waals surface area contributed by atoms with E-state index in [0.717, 1.165) is 17.0 Å². The van der Waals surface area contributed by atoms with E-state index in [-0.39, 0.29) is 11.2 Å². The third-order valence-corrected chi connectivity index (χ3v) is 4.55. The number of nitrogens with zero attached hydrogens (tertiary/aromatic N) is 2. The number of pyridine rings is 1. The number of anilines is 1. The molecule has 0 saturated heterocycles. The van der Waals surface area contributed by atoms with Crippen molar-refractivity contribution < 1.29 is 9.53 Å². The van der Waals surface area contributed by atoms with Crippen LogP contribution in [0.3, 0.4) is 0 Å². The first-order valence-electron chi connectivity index (χ1n) is 7.65. The van der Waals surface area contributed by atoms with E-state index in [0.29, 0.717) is 12.4 Å². The first-order valence-corrected chi connectivity index (χ1v) is 8.93. The predicted molar refractivity (Wildman–Crippen MR) is 97.6 cm³/mol. The molecule has 1 N–H and O–H groups in total. The molecule has 3 aromatic rings. The van der Waals surface area contributed by atoms with E-state index in [9.17, 15) is 4.79 Å². The molecule has 1 amide bonds. The molecule has 0 aliphatic heterocycles. The maximum absolute atomic E-state index is 11.9. The Morgan fingerprint density at radius 3 is 3.00 bits per heavy atom. The van der Waals surface area contributed by atoms with Crippen LogP contribution in [-0.4, -0.2) is 26.8 Å². The summed E-state index contributed by atoms with van der Waals surface area (Å²) in [5, 5.41) is 2.80. The smallest absolute Gasteiger partial charge is 0.237 e. The largest absolute Gasteiger partial charge is 0.487 e. The Labute approximate surface area is 145 Å². The van der Waals surface area contributed by atoms with Gasteiger partial charge in [0.1, 0.15) is 18.0 Å². The van der Waals surface area contributed by atoms with Crippen molar-refractivity contribution in [3.63, 3.8) is 0 Å². The fourth-order valence-corrected chi connectivity index (χ4v) is 2.50. The number of carbonyl (C=O) groups excluding carboxylic acids is 1. The van der Waals surface area contributed by atoms with Gasteiger partial charge in [-0.1, -0.05) is 12.1 Å². The molecule has 5 nitrogen and oxygen atoms in total. The summed E-state index contributed by atoms with van der Waals surface area (Å²) in [6.07, 6.45) is 5.81. The molecule has 0 radical (unpaired) electrons. The molecule has 124 valence electrons. The summed E-state index contributed by atoms with van der Waals surface area (Å²) in [6.45, 7) is 2.25. The Morgan fingerprint density at radius 1 is 1.33 bits per heavy atom. The molecule has 2 heterocycles. The van der Waals surface area contributed by atoms with Gasteiger partial charge in [0.15, 0.2) is 0 Å². The lowest BCUT2D eigenvalue weighted by Gasteiger charge is -2.11. The van der Waals surface area contributed by atoms with Crippen molar-refractivity contribution >= 4 is 29.0 Å². The van der Waals surface area contributed by atoms with E-state index in [1.807, 2.05) is 72.4 Å². The zero-order chi connectivity index (χ0) is 16.9. The van der Waals surface area contributed by atoms with Gasteiger partial charge in [0.2, 0.25) is 5.91 Å². The van der Waals surface area contributed by atoms with Crippen molar-refractivity contribution in [2.24, 2.45) is 0 Å². The monoisotopic (exact) mass is 341 g/mol. The van der Waals surface area contributed by atoms with E-state index in [1.165, 1.54) is 11.8 Å². The van der Waals surface area contributed by atoms with Gasteiger partial charge in [0, 0.05) is 24.1 Å². The molecule has 0 fully saturated rings. The summed E-state index contributed by atoms with van der Waals surface area (Å²) in [5.74, 6) is 0.682. The topological polar surface area (TPSA) is 55.6 Å². The van der Waals surface area contributed by atoms with Crippen molar-refractivity contribution in [2.75, 3.05) is 11.6 Å². The van der Waals surface area contributed by atoms with Gasteiger partial charge in [0.05, 0.1) is 10.9 Å². The van der Waals surface area contributed by atoms with Crippen LogP contribution >= 0.6 is 11.8 Å². The SMILES string of the molecule is CSC(C)C(=O)Nc1cccc(OCc2cn3ccccc3n2)c1. The van der Waals surface area contributed by atoms with Gasteiger partial charge in [-0.3, -0.25) is 4.79 Å². The minimum absolute atomic E-state index is 0.0139. The fraction of sp³-hybridized carbons (Fsp3) is 0.222. The Morgan fingerprint density at radius 2 is 2.21 bits per heavy atom. The van der Waals surface area contributed by atoms with Crippen LogP contribution in [0.4, 0.5) is 5.69 Å². The highest BCUT2D eigenvalue weighted by molar-refractivity contribution is 7.99. The van der Waals surface area contributed by atoms with Gasteiger partial charge >= 0.3 is 0 Å². The summed E-state index contributed by atoms with van der Waals surface area (Å²) >= 11 is 1.51. The van der Waals surface area contributed by atoms with E-state index in [2.05, 4.69) is 10.3 Å². The molecule has 0 spiro atoms. The molecule has 24 heavy (non-hydrogen) atoms. The molecule has 1 unspecified atom stereocenters. The number of nitrogens with one attached hydrogen (secondary N) is 1. The van der Waals surface area contributed by atoms with Crippen LogP contribution in [0, 0.1) is 0 Å². The van der Waals surface area contributed by atoms with Crippen molar-refractivity contribution in [3.8, 4) is 5.75 Å². The van der Waals surface area contributed by atoms with Crippen LogP contribution in [0.2, 0.25) is 0 Å². The van der Waals surface area contributed by atoms with E-state index < -0.39 is 0 Å². The molecule has 1 atom stereocenters. The van der Waals surface area contributed by atoms with Crippen LogP contribution in [-0.2, 0) is 11.4 Å². The number of imidazole rings is 1. The number of fused-ring (bicyclic) bond motifs is 1. The molecule has 1 aromatic carbocycles. The van der Waals surface area contributed by atoms with Gasteiger partial charge in [0.25, 0.3) is 0 Å². The molecule has 0 bridgehead atoms. The van der Waals surface area contributed by atoms with Crippen molar-refractivity contribution in [3.05, 3.63) is 60.6 Å². The summed E-state index contributed by atoms with van der Waals surface area (Å²) in [5.41, 5.74) is 2.48. The van der Waals surface area contributed by atoms with Gasteiger partial charge in [-0.05, 0) is 37.4 Å². The number of amides is 1. The molecule has 6 heteroatoms. The first-order chi connectivity index (χ1) is 11.7. The maximum atomic E-state index is 11.9. The lowest BCUT2D eigenvalue weighted by molar-refractivity contribution is -0.115. The number of rotatable bonds is 6. The van der Waals surface area contributed by atoms with Crippen LogP contribution in [0.15, 0.2) is 54.9 Å². The average molecular weight is 341 g/mol. The summed E-state index contributed by atoms with van der Waals surface area (Å²) in [7, 11) is 0. The standard InChI is InChI=1S/C18H19N3O2S/c1-13(24-2)18(22)20-14-6-5-7-16(10-14)23-12-15-11-21-9-4-3-8-17(21)19-15/h3-11,13H,12H2,1-2H3,(H,20,22). The first kappa shape index (κ1) is 16.4. The molecule has 3 rings (SSSR count). The number of ether oxygens (including phenoxy) is 1. The predicted octanol–water partition coefficient (Wildman–Crippen LogP) is 3.60. The number of aromatic nitrogens is 2. The number of thioether (sulfide) groups is 1. The highest BCUT2D eigenvalue weighted by Crippen LogP contribution is 2.20. The van der Waals surface area contributed by atoms with E-state index in [4.69, 9.17) is 4.74 Å². The quantitative estimate of drug-likeness (QED) is 0.744. The van der Waals surface area contributed by atoms with Gasteiger partial charge in [-0.15, -0.1) is 0 Å². The van der Waals surface area contributed by atoms with Crippen molar-refractivity contribution in [1.82, 2.24) is 9.38 Å². The third kappa shape index (κ3) is 3.89. The highest BCUT2D eigenvalue weighted by Gasteiger charge is 2.11. The van der Waals surface area contributed by atoms with Crippen molar-refractivity contribution in [2.45, 2.75) is 18.8 Å². The number of carbonyl (C=O) groups is 1. The van der Waals surface area contributed by atoms with Crippen LogP contribution in [0.1, 0.15) is 12.6 Å². The van der Waals surface area contributed by atoms with Crippen molar-refractivity contribution in [1.29, 1.82) is 0 Å². The third-order valence-electron chi connectivity index (χ3n) is 3.62. The maximum Gasteiger partial charge on any atom is 0.237 e. The second-order valence-electron chi connectivity index (χ2n) is 5.38. The minimum Gasteiger partial charge on any atom is -0.487 e. The Balaban J connectivity index is 1.65. The lowest BCUT2D eigenvalue weighted by atomic mass is 10.3. The molecular weight excluding hydrogens is 322 g/mol. The minimum atomic E-state index is -0.0902. The van der Waals surface area contributed by atoms with Crippen LogP contribution in [0.5, 0.6) is 5.75 Å². The van der Waals surface area contributed by atoms with Gasteiger partial charge < -0.3 is 14.5 Å². The molecule has 0 aliphatic rings. The van der Waals surface area contributed by atoms with Crippen LogP contribution in [0.25, 0.3) is 5.65 Å². The summed E-state index contributed by atoms with van der Waals surface area (Å²) < 4.78 is 7.76. The highest BCUT2D eigenvalue weighted by atomic mass is 32.2. The van der Waals surface area contributed by atoms with E-state index >= 15 is 0 Å². The average Bonchev–Trinajstić information content (AvgIpc) is 3.02. The molecule has 0 saturated carbocycles. The Bertz CT molecular complexity index is 814. The number of hydrogen-bond donors (Lipinski definition) is 1. The number of benzene rings is 1. The van der Waals surface area contributed by atoms with Gasteiger partial charge in [-0.25, -0.2) is 4.98 Å². The molecular formula is C18H19N3O2S. The van der Waals surface area contributed by atoms with Gasteiger partial charge in [-0.2, -0.15) is 11.8 Å². The normalized spacial score (nSPS) is 12.1. The second kappa shape index (κ2) is 7.40. The molecule has 2 aromatic heterocycles. The Hall–Kier alpha value is -2.47.